The van der Waals surface area contributed by atoms with Crippen molar-refractivity contribution in [2.24, 2.45) is 0 Å². The van der Waals surface area contributed by atoms with E-state index in [2.05, 4.69) is 5.32 Å². The van der Waals surface area contributed by atoms with Gasteiger partial charge in [-0.05, 0) is 48.7 Å². The second-order valence-corrected chi connectivity index (χ2v) is 7.67. The van der Waals surface area contributed by atoms with Crippen molar-refractivity contribution in [3.05, 3.63) is 53.8 Å². The molecule has 6 heteroatoms. The molecule has 0 radical (unpaired) electrons. The third kappa shape index (κ3) is 4.12. The maximum atomic E-state index is 13.3. The third-order valence-electron chi connectivity index (χ3n) is 4.31. The molecule has 1 N–H and O–H groups in total. The first-order chi connectivity index (χ1) is 12.7. The van der Waals surface area contributed by atoms with E-state index in [0.717, 1.165) is 35.5 Å². The molecule has 1 atom stereocenters. The van der Waals surface area contributed by atoms with Gasteiger partial charge in [0.15, 0.2) is 11.5 Å². The highest BCUT2D eigenvalue weighted by atomic mass is 32.2. The number of carbonyl (C=O) groups excluding carboxylic acids is 1. The highest BCUT2D eigenvalue weighted by molar-refractivity contribution is 8.00. The lowest BCUT2D eigenvalue weighted by molar-refractivity contribution is -0.120. The van der Waals surface area contributed by atoms with Crippen LogP contribution in [-0.4, -0.2) is 25.2 Å². The van der Waals surface area contributed by atoms with Crippen LogP contribution >= 0.6 is 11.8 Å². The van der Waals surface area contributed by atoms with Crippen LogP contribution < -0.4 is 14.8 Å². The van der Waals surface area contributed by atoms with Crippen LogP contribution in [0, 0.1) is 5.82 Å². The van der Waals surface area contributed by atoms with E-state index in [1.807, 2.05) is 18.2 Å². The second kappa shape index (κ2) is 7.58. The predicted molar refractivity (Wildman–Crippen MR) is 98.2 cm³/mol. The zero-order valence-electron chi connectivity index (χ0n) is 14.2. The number of hydrogen-bond acceptors (Lipinski definition) is 4. The summed E-state index contributed by atoms with van der Waals surface area (Å²) in [6, 6.07) is 12.1. The van der Waals surface area contributed by atoms with E-state index in [1.165, 1.54) is 23.9 Å². The highest BCUT2D eigenvalue weighted by Crippen LogP contribution is 2.40. The van der Waals surface area contributed by atoms with Crippen LogP contribution in [0.25, 0.3) is 0 Å². The summed E-state index contributed by atoms with van der Waals surface area (Å²) in [5.41, 5.74) is 0.779. The topological polar surface area (TPSA) is 47.6 Å². The first-order valence-corrected chi connectivity index (χ1v) is 9.69. The van der Waals surface area contributed by atoms with Gasteiger partial charge in [0.25, 0.3) is 0 Å². The second-order valence-electron chi connectivity index (χ2n) is 6.49. The fourth-order valence-corrected chi connectivity index (χ4v) is 3.83. The Kier molecular flexibility index (Phi) is 5.02. The molecule has 4 rings (SSSR count). The van der Waals surface area contributed by atoms with Gasteiger partial charge in [-0.15, -0.1) is 11.8 Å². The van der Waals surface area contributed by atoms with Crippen molar-refractivity contribution in [1.29, 1.82) is 0 Å². The third-order valence-corrected chi connectivity index (χ3v) is 5.56. The molecule has 1 amide bonds. The van der Waals surface area contributed by atoms with Crippen molar-refractivity contribution >= 4 is 17.7 Å². The van der Waals surface area contributed by atoms with Gasteiger partial charge in [0.05, 0.1) is 13.2 Å². The summed E-state index contributed by atoms with van der Waals surface area (Å²) < 4.78 is 24.7. The number of amides is 1. The van der Waals surface area contributed by atoms with Crippen molar-refractivity contribution < 1.29 is 18.7 Å². The number of benzene rings is 2. The zero-order valence-corrected chi connectivity index (χ0v) is 15.1. The van der Waals surface area contributed by atoms with E-state index in [9.17, 15) is 9.18 Å². The Bertz CT molecular complexity index is 792. The molecule has 1 saturated carbocycles. The molecule has 26 heavy (non-hydrogen) atoms. The van der Waals surface area contributed by atoms with E-state index in [-0.39, 0.29) is 17.8 Å². The lowest BCUT2D eigenvalue weighted by Crippen LogP contribution is -2.29. The Balaban J connectivity index is 1.58. The molecule has 1 fully saturated rings. The predicted octanol–water partition coefficient (Wildman–Crippen LogP) is 4.10. The molecule has 0 unspecified atom stereocenters. The molecule has 2 aliphatic rings. The summed E-state index contributed by atoms with van der Waals surface area (Å²) in [6.45, 7) is 1.26. The average Bonchev–Trinajstić information content (AvgIpc) is 3.47. The van der Waals surface area contributed by atoms with Crippen LogP contribution in [0.5, 0.6) is 11.5 Å². The van der Waals surface area contributed by atoms with Crippen molar-refractivity contribution in [2.45, 2.75) is 35.4 Å². The monoisotopic (exact) mass is 373 g/mol. The molecule has 0 spiro atoms. The summed E-state index contributed by atoms with van der Waals surface area (Å²) in [4.78, 5) is 13.7. The smallest absolute Gasteiger partial charge is 0.238 e. The summed E-state index contributed by atoms with van der Waals surface area (Å²) in [7, 11) is 0. The van der Waals surface area contributed by atoms with Crippen LogP contribution in [0.3, 0.4) is 0 Å². The molecule has 2 aromatic carbocycles. The van der Waals surface area contributed by atoms with Crippen LogP contribution in [0.1, 0.15) is 30.1 Å². The van der Waals surface area contributed by atoms with Gasteiger partial charge in [0.2, 0.25) is 5.91 Å². The van der Waals surface area contributed by atoms with Gasteiger partial charge in [-0.3, -0.25) is 4.79 Å². The number of nitrogens with one attached hydrogen (secondary N) is 1. The highest BCUT2D eigenvalue weighted by Gasteiger charge is 2.29. The molecule has 0 aromatic heterocycles. The number of carbonyl (C=O) groups is 1. The fraction of sp³-hybridized carbons (Fsp3) is 0.350. The molecule has 1 aliphatic carbocycles. The number of thioether (sulfide) groups is 1. The van der Waals surface area contributed by atoms with Gasteiger partial charge < -0.3 is 14.8 Å². The number of rotatable bonds is 5. The number of hydrogen-bond donors (Lipinski definition) is 1. The Morgan fingerprint density at radius 2 is 1.81 bits per heavy atom. The molecule has 136 valence electrons. The van der Waals surface area contributed by atoms with E-state index in [4.69, 9.17) is 9.47 Å². The summed E-state index contributed by atoms with van der Waals surface area (Å²) in [5.74, 6) is 1.08. The van der Waals surface area contributed by atoms with Gasteiger partial charge in [-0.25, -0.2) is 4.39 Å². The molecular weight excluding hydrogens is 353 g/mol. The van der Waals surface area contributed by atoms with E-state index >= 15 is 0 Å². The van der Waals surface area contributed by atoms with Gasteiger partial charge >= 0.3 is 0 Å². The van der Waals surface area contributed by atoms with Crippen molar-refractivity contribution in [3.63, 3.8) is 0 Å². The number of halogens is 1. The van der Waals surface area contributed by atoms with Crippen LogP contribution in [0.4, 0.5) is 4.39 Å². The Morgan fingerprint density at radius 3 is 2.54 bits per heavy atom. The molecule has 0 saturated heterocycles. The largest absolute Gasteiger partial charge is 0.490 e. The Hall–Kier alpha value is -2.21. The summed E-state index contributed by atoms with van der Waals surface area (Å²) >= 11 is 1.44. The fourth-order valence-electron chi connectivity index (χ4n) is 2.77. The molecule has 4 nitrogen and oxygen atoms in total. The minimum Gasteiger partial charge on any atom is -0.490 e. The van der Waals surface area contributed by atoms with Crippen molar-refractivity contribution in [3.8, 4) is 11.5 Å². The molecule has 0 bridgehead atoms. The van der Waals surface area contributed by atoms with Crippen molar-refractivity contribution in [1.82, 2.24) is 5.32 Å². The Morgan fingerprint density at radius 1 is 1.08 bits per heavy atom. The first kappa shape index (κ1) is 17.2. The van der Waals surface area contributed by atoms with Gasteiger partial charge in [0.1, 0.15) is 11.1 Å². The lowest BCUT2D eigenvalue weighted by atomic mass is 10.1. The molecule has 1 aliphatic heterocycles. The standard InChI is InChI=1S/C20H20FNO3S/c21-14-4-2-13(3-5-14)19(20(23)22-15-6-7-15)26-16-8-9-17-18(12-16)25-11-1-10-24-17/h2-5,8-9,12,15,19H,1,6-7,10-11H2,(H,22,23)/t19-/m1/s1. The van der Waals surface area contributed by atoms with E-state index in [0.29, 0.717) is 19.0 Å². The Labute approximate surface area is 156 Å². The van der Waals surface area contributed by atoms with Crippen LogP contribution in [0.15, 0.2) is 47.4 Å². The first-order valence-electron chi connectivity index (χ1n) is 8.81. The molecule has 2 aromatic rings. The van der Waals surface area contributed by atoms with Gasteiger partial charge in [-0.2, -0.15) is 0 Å². The van der Waals surface area contributed by atoms with E-state index in [1.54, 1.807) is 12.1 Å². The normalized spacial score (nSPS) is 17.3. The SMILES string of the molecule is O=C(NC1CC1)[C@H](Sc1ccc2c(c1)OCCCO2)c1ccc(F)cc1. The van der Waals surface area contributed by atoms with Gasteiger partial charge in [0, 0.05) is 17.4 Å². The summed E-state index contributed by atoms with van der Waals surface area (Å²) in [5, 5.41) is 2.61. The minimum atomic E-state index is -0.444. The quantitative estimate of drug-likeness (QED) is 0.802. The summed E-state index contributed by atoms with van der Waals surface area (Å²) in [6.07, 6.45) is 2.90. The van der Waals surface area contributed by atoms with Crippen molar-refractivity contribution in [2.75, 3.05) is 13.2 Å². The maximum absolute atomic E-state index is 13.3. The molecule has 1 heterocycles. The van der Waals surface area contributed by atoms with E-state index < -0.39 is 5.25 Å². The van der Waals surface area contributed by atoms with Crippen LogP contribution in [0.2, 0.25) is 0 Å². The number of ether oxygens (including phenoxy) is 2. The van der Waals surface area contributed by atoms with Crippen LogP contribution in [-0.2, 0) is 4.79 Å². The average molecular weight is 373 g/mol. The molecular formula is C20H20FNO3S. The maximum Gasteiger partial charge on any atom is 0.238 e. The lowest BCUT2D eigenvalue weighted by Gasteiger charge is -2.18. The minimum absolute atomic E-state index is 0.0452. The van der Waals surface area contributed by atoms with Gasteiger partial charge in [-0.1, -0.05) is 12.1 Å². The number of fused-ring (bicyclic) bond motifs is 1. The zero-order chi connectivity index (χ0) is 17.9.